The number of thiophene rings is 1. The average Bonchev–Trinajstić information content (AvgIpc) is 2.75. The molecule has 0 aromatic carbocycles. The number of aliphatic hydroxyl groups excluding tert-OH is 1. The third-order valence-corrected chi connectivity index (χ3v) is 2.96. The van der Waals surface area contributed by atoms with E-state index in [0.29, 0.717) is 6.42 Å². The highest BCUT2D eigenvalue weighted by atomic mass is 32.1. The summed E-state index contributed by atoms with van der Waals surface area (Å²) in [5, 5.41) is 19.4. The lowest BCUT2D eigenvalue weighted by Crippen LogP contribution is -2.07. The van der Waals surface area contributed by atoms with Crippen LogP contribution in [-0.2, 0) is 13.5 Å². The Bertz CT molecular complexity index is 396. The van der Waals surface area contributed by atoms with Crippen LogP contribution in [0.15, 0.2) is 23.7 Å². The summed E-state index contributed by atoms with van der Waals surface area (Å²) < 4.78 is 1.60. The van der Waals surface area contributed by atoms with Crippen molar-refractivity contribution >= 4 is 11.3 Å². The second kappa shape index (κ2) is 3.89. The first-order valence-electron chi connectivity index (χ1n) is 4.32. The molecular weight excluding hydrogens is 198 g/mol. The molecule has 2 aromatic heterocycles. The first kappa shape index (κ1) is 9.36. The van der Waals surface area contributed by atoms with E-state index in [9.17, 15) is 5.11 Å². The molecule has 2 heterocycles. The van der Waals surface area contributed by atoms with Gasteiger partial charge in [0.2, 0.25) is 0 Å². The lowest BCUT2D eigenvalue weighted by atomic mass is 10.2. The maximum absolute atomic E-state index is 9.87. The van der Waals surface area contributed by atoms with Crippen molar-refractivity contribution < 1.29 is 5.11 Å². The van der Waals surface area contributed by atoms with Gasteiger partial charge in [0.15, 0.2) is 0 Å². The highest BCUT2D eigenvalue weighted by Gasteiger charge is 2.13. The summed E-state index contributed by atoms with van der Waals surface area (Å²) in [5.41, 5.74) is 0.749. The third kappa shape index (κ3) is 1.83. The standard InChI is InChI=1S/C9H11N3OS/c1-12-8(6-10-11-12)9(13)5-7-3-2-4-14-7/h2-4,6,9,13H,5H2,1H3. The fourth-order valence-corrected chi connectivity index (χ4v) is 2.07. The fraction of sp³-hybridized carbons (Fsp3) is 0.333. The van der Waals surface area contributed by atoms with Gasteiger partial charge in [-0.05, 0) is 11.4 Å². The lowest BCUT2D eigenvalue weighted by molar-refractivity contribution is 0.169. The summed E-state index contributed by atoms with van der Waals surface area (Å²) >= 11 is 1.64. The van der Waals surface area contributed by atoms with Gasteiger partial charge in [-0.2, -0.15) is 0 Å². The van der Waals surface area contributed by atoms with Gasteiger partial charge in [0.05, 0.1) is 11.9 Å². The van der Waals surface area contributed by atoms with E-state index in [2.05, 4.69) is 10.3 Å². The van der Waals surface area contributed by atoms with Crippen LogP contribution in [0, 0.1) is 0 Å². The van der Waals surface area contributed by atoms with Crippen molar-refractivity contribution in [2.75, 3.05) is 0 Å². The minimum Gasteiger partial charge on any atom is -0.386 e. The molecule has 0 saturated heterocycles. The Morgan fingerprint density at radius 1 is 1.64 bits per heavy atom. The molecule has 0 aliphatic rings. The summed E-state index contributed by atoms with van der Waals surface area (Å²) in [6.07, 6.45) is 1.70. The quantitative estimate of drug-likeness (QED) is 0.825. The molecule has 5 heteroatoms. The van der Waals surface area contributed by atoms with Gasteiger partial charge >= 0.3 is 0 Å². The van der Waals surface area contributed by atoms with E-state index in [1.54, 1.807) is 29.3 Å². The highest BCUT2D eigenvalue weighted by molar-refractivity contribution is 7.09. The van der Waals surface area contributed by atoms with Gasteiger partial charge in [-0.3, -0.25) is 0 Å². The molecule has 0 fully saturated rings. The van der Waals surface area contributed by atoms with Crippen LogP contribution in [0.4, 0.5) is 0 Å². The van der Waals surface area contributed by atoms with Crippen molar-refractivity contribution in [1.29, 1.82) is 0 Å². The van der Waals surface area contributed by atoms with E-state index in [-0.39, 0.29) is 0 Å². The van der Waals surface area contributed by atoms with Gasteiger partial charge in [0.25, 0.3) is 0 Å². The van der Waals surface area contributed by atoms with Crippen LogP contribution in [0.2, 0.25) is 0 Å². The van der Waals surface area contributed by atoms with Crippen LogP contribution in [0.1, 0.15) is 16.7 Å². The molecule has 2 aromatic rings. The smallest absolute Gasteiger partial charge is 0.102 e. The molecule has 1 N–H and O–H groups in total. The van der Waals surface area contributed by atoms with Gasteiger partial charge in [-0.1, -0.05) is 11.3 Å². The van der Waals surface area contributed by atoms with Gasteiger partial charge in [0, 0.05) is 18.3 Å². The Morgan fingerprint density at radius 3 is 3.07 bits per heavy atom. The lowest BCUT2D eigenvalue weighted by Gasteiger charge is -2.07. The third-order valence-electron chi connectivity index (χ3n) is 2.07. The molecule has 0 amide bonds. The van der Waals surface area contributed by atoms with Crippen LogP contribution in [0.3, 0.4) is 0 Å². The first-order valence-corrected chi connectivity index (χ1v) is 5.20. The van der Waals surface area contributed by atoms with Crippen molar-refractivity contribution in [3.63, 3.8) is 0 Å². The molecule has 1 unspecified atom stereocenters. The first-order chi connectivity index (χ1) is 6.77. The number of rotatable bonds is 3. The van der Waals surface area contributed by atoms with Crippen molar-refractivity contribution in [1.82, 2.24) is 15.0 Å². The van der Waals surface area contributed by atoms with Crippen LogP contribution in [-0.4, -0.2) is 20.1 Å². The predicted molar refractivity (Wildman–Crippen MR) is 54.0 cm³/mol. The fourth-order valence-electron chi connectivity index (χ4n) is 1.32. The molecule has 0 spiro atoms. The maximum Gasteiger partial charge on any atom is 0.102 e. The summed E-state index contributed by atoms with van der Waals surface area (Å²) in [4.78, 5) is 1.17. The maximum atomic E-state index is 9.87. The van der Waals surface area contributed by atoms with E-state index >= 15 is 0 Å². The van der Waals surface area contributed by atoms with Crippen molar-refractivity contribution in [3.05, 3.63) is 34.3 Å². The Balaban J connectivity index is 2.10. The van der Waals surface area contributed by atoms with E-state index in [0.717, 1.165) is 5.69 Å². The molecule has 4 nitrogen and oxygen atoms in total. The molecule has 0 saturated carbocycles. The Kier molecular flexibility index (Phi) is 2.60. The number of aryl methyl sites for hydroxylation is 1. The Hall–Kier alpha value is -1.20. The number of aliphatic hydroxyl groups is 1. The summed E-state index contributed by atoms with van der Waals surface area (Å²) in [7, 11) is 1.78. The molecule has 2 rings (SSSR count). The zero-order valence-electron chi connectivity index (χ0n) is 7.79. The molecule has 0 bridgehead atoms. The predicted octanol–water partition coefficient (Wildman–Crippen LogP) is 1.15. The minimum atomic E-state index is -0.520. The second-order valence-corrected chi connectivity index (χ2v) is 4.11. The number of nitrogens with zero attached hydrogens (tertiary/aromatic N) is 3. The second-order valence-electron chi connectivity index (χ2n) is 3.08. The molecule has 0 aliphatic carbocycles. The van der Waals surface area contributed by atoms with Gasteiger partial charge in [0.1, 0.15) is 6.10 Å². The topological polar surface area (TPSA) is 50.9 Å². The minimum absolute atomic E-state index is 0.520. The van der Waals surface area contributed by atoms with E-state index < -0.39 is 6.10 Å². The van der Waals surface area contributed by atoms with E-state index in [1.807, 2.05) is 17.5 Å². The van der Waals surface area contributed by atoms with Crippen molar-refractivity contribution in [2.45, 2.75) is 12.5 Å². The van der Waals surface area contributed by atoms with Crippen molar-refractivity contribution in [2.24, 2.45) is 7.05 Å². The summed E-state index contributed by atoms with van der Waals surface area (Å²) in [6, 6.07) is 3.99. The number of aromatic nitrogens is 3. The van der Waals surface area contributed by atoms with Gasteiger partial charge in [-0.15, -0.1) is 16.4 Å². The van der Waals surface area contributed by atoms with Crippen LogP contribution in [0.5, 0.6) is 0 Å². The SMILES string of the molecule is Cn1nncc1C(O)Cc1cccs1. The largest absolute Gasteiger partial charge is 0.386 e. The molecule has 1 atom stereocenters. The molecular formula is C9H11N3OS. The number of hydrogen-bond acceptors (Lipinski definition) is 4. The number of hydrogen-bond donors (Lipinski definition) is 1. The van der Waals surface area contributed by atoms with Gasteiger partial charge < -0.3 is 5.11 Å². The van der Waals surface area contributed by atoms with E-state index in [4.69, 9.17) is 0 Å². The highest BCUT2D eigenvalue weighted by Crippen LogP contribution is 2.19. The summed E-state index contributed by atoms with van der Waals surface area (Å²) in [5.74, 6) is 0. The van der Waals surface area contributed by atoms with Crippen molar-refractivity contribution in [3.8, 4) is 0 Å². The average molecular weight is 209 g/mol. The zero-order valence-corrected chi connectivity index (χ0v) is 8.61. The van der Waals surface area contributed by atoms with E-state index in [1.165, 1.54) is 4.88 Å². The van der Waals surface area contributed by atoms with Crippen LogP contribution < -0.4 is 0 Å². The van der Waals surface area contributed by atoms with Crippen LogP contribution in [0.25, 0.3) is 0 Å². The summed E-state index contributed by atoms with van der Waals surface area (Å²) in [6.45, 7) is 0. The Labute approximate surface area is 85.8 Å². The van der Waals surface area contributed by atoms with Crippen LogP contribution >= 0.6 is 11.3 Å². The molecule has 0 aliphatic heterocycles. The monoisotopic (exact) mass is 209 g/mol. The normalized spacial score (nSPS) is 13.0. The zero-order chi connectivity index (χ0) is 9.97. The molecule has 74 valence electrons. The molecule has 14 heavy (non-hydrogen) atoms. The molecule has 0 radical (unpaired) electrons. The van der Waals surface area contributed by atoms with Gasteiger partial charge in [-0.25, -0.2) is 4.68 Å². The Morgan fingerprint density at radius 2 is 2.50 bits per heavy atom.